The third-order valence-electron chi connectivity index (χ3n) is 2.18. The molecule has 0 radical (unpaired) electrons. The van der Waals surface area contributed by atoms with Gasteiger partial charge >= 0.3 is 0 Å². The standard InChI is InChI=1S/C13H16O/c1-13(2,3)9-11-8-10-6-4-5-7-12(10)14-11/h4-8H,9H2,1-3H3. The Bertz CT molecular complexity index is 399. The van der Waals surface area contributed by atoms with Crippen molar-refractivity contribution in [1.29, 1.82) is 0 Å². The van der Waals surface area contributed by atoms with Crippen LogP contribution in [0.5, 0.6) is 0 Å². The average molecular weight is 188 g/mol. The minimum Gasteiger partial charge on any atom is -0.461 e. The van der Waals surface area contributed by atoms with Crippen LogP contribution in [0.15, 0.2) is 34.7 Å². The van der Waals surface area contributed by atoms with E-state index in [2.05, 4.69) is 32.9 Å². The summed E-state index contributed by atoms with van der Waals surface area (Å²) in [6.07, 6.45) is 0.988. The molecule has 0 aliphatic rings. The lowest BCUT2D eigenvalue weighted by molar-refractivity contribution is 0.370. The summed E-state index contributed by atoms with van der Waals surface area (Å²) in [5, 5.41) is 1.20. The van der Waals surface area contributed by atoms with Gasteiger partial charge in [-0.25, -0.2) is 0 Å². The first kappa shape index (κ1) is 9.32. The normalized spacial score (nSPS) is 12.2. The fourth-order valence-electron chi connectivity index (χ4n) is 1.65. The van der Waals surface area contributed by atoms with Crippen molar-refractivity contribution in [2.24, 2.45) is 5.41 Å². The van der Waals surface area contributed by atoms with Crippen LogP contribution < -0.4 is 0 Å². The highest BCUT2D eigenvalue weighted by Gasteiger charge is 2.14. The Morgan fingerprint density at radius 3 is 2.50 bits per heavy atom. The van der Waals surface area contributed by atoms with Gasteiger partial charge in [0.1, 0.15) is 11.3 Å². The number of rotatable bonds is 1. The summed E-state index contributed by atoms with van der Waals surface area (Å²) < 4.78 is 5.74. The van der Waals surface area contributed by atoms with Crippen LogP contribution >= 0.6 is 0 Å². The Balaban J connectivity index is 2.36. The lowest BCUT2D eigenvalue weighted by Gasteiger charge is -2.15. The molecule has 2 aromatic rings. The van der Waals surface area contributed by atoms with Crippen molar-refractivity contribution in [2.75, 3.05) is 0 Å². The zero-order valence-corrected chi connectivity index (χ0v) is 9.00. The van der Waals surface area contributed by atoms with Crippen molar-refractivity contribution in [1.82, 2.24) is 0 Å². The maximum absolute atomic E-state index is 5.74. The van der Waals surface area contributed by atoms with Crippen LogP contribution in [0, 0.1) is 5.41 Å². The van der Waals surface area contributed by atoms with E-state index in [0.29, 0.717) is 0 Å². The number of furan rings is 1. The Labute approximate surface area is 84.7 Å². The van der Waals surface area contributed by atoms with E-state index >= 15 is 0 Å². The molecule has 1 heteroatoms. The van der Waals surface area contributed by atoms with E-state index in [-0.39, 0.29) is 5.41 Å². The summed E-state index contributed by atoms with van der Waals surface area (Å²) in [6, 6.07) is 10.3. The SMILES string of the molecule is CC(C)(C)Cc1cc2ccccc2o1. The molecule has 1 heterocycles. The summed E-state index contributed by atoms with van der Waals surface area (Å²) in [5.41, 5.74) is 1.28. The largest absolute Gasteiger partial charge is 0.461 e. The van der Waals surface area contributed by atoms with E-state index in [9.17, 15) is 0 Å². The van der Waals surface area contributed by atoms with Gasteiger partial charge in [-0.2, -0.15) is 0 Å². The highest BCUT2D eigenvalue weighted by molar-refractivity contribution is 5.77. The van der Waals surface area contributed by atoms with Crippen LogP contribution in [0.3, 0.4) is 0 Å². The van der Waals surface area contributed by atoms with Gasteiger partial charge in [0.2, 0.25) is 0 Å². The van der Waals surface area contributed by atoms with Crippen LogP contribution in [0.4, 0.5) is 0 Å². The minimum atomic E-state index is 0.286. The van der Waals surface area contributed by atoms with E-state index < -0.39 is 0 Å². The monoisotopic (exact) mass is 188 g/mol. The van der Waals surface area contributed by atoms with Gasteiger partial charge in [0.15, 0.2) is 0 Å². The topological polar surface area (TPSA) is 13.1 Å². The van der Waals surface area contributed by atoms with Crippen molar-refractivity contribution >= 4 is 11.0 Å². The quantitative estimate of drug-likeness (QED) is 0.658. The Hall–Kier alpha value is -1.24. The number of para-hydroxylation sites is 1. The second-order valence-corrected chi connectivity index (χ2v) is 4.99. The van der Waals surface area contributed by atoms with E-state index in [4.69, 9.17) is 4.42 Å². The molecule has 1 aromatic heterocycles. The Morgan fingerprint density at radius 1 is 1.14 bits per heavy atom. The molecular weight excluding hydrogens is 172 g/mol. The van der Waals surface area contributed by atoms with Crippen molar-refractivity contribution < 1.29 is 4.42 Å². The summed E-state index contributed by atoms with van der Waals surface area (Å²) in [7, 11) is 0. The van der Waals surface area contributed by atoms with Crippen LogP contribution in [-0.4, -0.2) is 0 Å². The lowest BCUT2D eigenvalue weighted by atomic mass is 9.91. The Kier molecular flexibility index (Phi) is 2.10. The molecule has 2 rings (SSSR count). The first-order valence-electron chi connectivity index (χ1n) is 5.02. The van der Waals surface area contributed by atoms with Gasteiger partial charge in [-0.15, -0.1) is 0 Å². The molecule has 0 atom stereocenters. The molecule has 0 saturated heterocycles. The van der Waals surface area contributed by atoms with Crippen molar-refractivity contribution in [3.05, 3.63) is 36.1 Å². The Morgan fingerprint density at radius 2 is 1.86 bits per heavy atom. The summed E-state index contributed by atoms with van der Waals surface area (Å²) >= 11 is 0. The molecule has 1 aromatic carbocycles. The second kappa shape index (κ2) is 3.16. The maximum Gasteiger partial charge on any atom is 0.134 e. The van der Waals surface area contributed by atoms with Crippen LogP contribution in [-0.2, 0) is 6.42 Å². The van der Waals surface area contributed by atoms with Gasteiger partial charge in [0, 0.05) is 11.8 Å². The first-order chi connectivity index (χ1) is 6.54. The number of benzene rings is 1. The van der Waals surface area contributed by atoms with E-state index in [1.165, 1.54) is 5.39 Å². The summed E-state index contributed by atoms with van der Waals surface area (Å²) in [4.78, 5) is 0. The predicted molar refractivity (Wildman–Crippen MR) is 59.4 cm³/mol. The molecule has 0 amide bonds. The zero-order valence-electron chi connectivity index (χ0n) is 9.00. The predicted octanol–water partition coefficient (Wildman–Crippen LogP) is 4.02. The molecule has 0 N–H and O–H groups in total. The fourth-order valence-corrected chi connectivity index (χ4v) is 1.65. The molecule has 14 heavy (non-hydrogen) atoms. The lowest BCUT2D eigenvalue weighted by Crippen LogP contribution is -2.08. The summed E-state index contributed by atoms with van der Waals surface area (Å²) in [6.45, 7) is 6.67. The van der Waals surface area contributed by atoms with Gasteiger partial charge < -0.3 is 4.42 Å². The third kappa shape index (κ3) is 1.98. The smallest absolute Gasteiger partial charge is 0.134 e. The number of hydrogen-bond acceptors (Lipinski definition) is 1. The molecule has 0 aliphatic carbocycles. The number of fused-ring (bicyclic) bond motifs is 1. The van der Waals surface area contributed by atoms with E-state index in [0.717, 1.165) is 17.8 Å². The molecular formula is C13H16O. The molecule has 74 valence electrons. The van der Waals surface area contributed by atoms with Crippen LogP contribution in [0.2, 0.25) is 0 Å². The fraction of sp³-hybridized carbons (Fsp3) is 0.385. The highest BCUT2D eigenvalue weighted by Crippen LogP contribution is 2.25. The van der Waals surface area contributed by atoms with Crippen LogP contribution in [0.1, 0.15) is 26.5 Å². The zero-order chi connectivity index (χ0) is 10.2. The molecule has 1 nitrogen and oxygen atoms in total. The maximum atomic E-state index is 5.74. The third-order valence-corrected chi connectivity index (χ3v) is 2.18. The summed E-state index contributed by atoms with van der Waals surface area (Å²) in [5.74, 6) is 1.08. The highest BCUT2D eigenvalue weighted by atomic mass is 16.3. The van der Waals surface area contributed by atoms with Crippen LogP contribution in [0.25, 0.3) is 11.0 Å². The molecule has 0 fully saturated rings. The van der Waals surface area contributed by atoms with Gasteiger partial charge in [-0.3, -0.25) is 0 Å². The molecule has 0 bridgehead atoms. The molecule has 0 spiro atoms. The molecule has 0 aliphatic heterocycles. The molecule has 0 unspecified atom stereocenters. The first-order valence-corrected chi connectivity index (χ1v) is 5.02. The average Bonchev–Trinajstić information content (AvgIpc) is 2.42. The minimum absolute atomic E-state index is 0.286. The van der Waals surface area contributed by atoms with Gasteiger partial charge in [0.25, 0.3) is 0 Å². The van der Waals surface area contributed by atoms with Gasteiger partial charge in [-0.05, 0) is 17.5 Å². The van der Waals surface area contributed by atoms with E-state index in [1.807, 2.05) is 18.2 Å². The van der Waals surface area contributed by atoms with Gasteiger partial charge in [0.05, 0.1) is 0 Å². The van der Waals surface area contributed by atoms with Crippen molar-refractivity contribution in [3.63, 3.8) is 0 Å². The van der Waals surface area contributed by atoms with Gasteiger partial charge in [-0.1, -0.05) is 39.0 Å². The van der Waals surface area contributed by atoms with Crippen molar-refractivity contribution in [2.45, 2.75) is 27.2 Å². The molecule has 0 saturated carbocycles. The van der Waals surface area contributed by atoms with E-state index in [1.54, 1.807) is 0 Å². The number of hydrogen-bond donors (Lipinski definition) is 0. The second-order valence-electron chi connectivity index (χ2n) is 4.99. The van der Waals surface area contributed by atoms with Crippen molar-refractivity contribution in [3.8, 4) is 0 Å².